The van der Waals surface area contributed by atoms with Gasteiger partial charge in [0.1, 0.15) is 11.8 Å². The van der Waals surface area contributed by atoms with Crippen LogP contribution in [-0.4, -0.2) is 31.7 Å². The average molecular weight is 332 g/mol. The molecule has 1 fully saturated rings. The van der Waals surface area contributed by atoms with Crippen LogP contribution in [0.3, 0.4) is 0 Å². The molecule has 2 heterocycles. The van der Waals surface area contributed by atoms with Crippen LogP contribution in [0.1, 0.15) is 42.8 Å². The third-order valence-corrected chi connectivity index (χ3v) is 4.10. The minimum Gasteiger partial charge on any atom is -0.351 e. The van der Waals surface area contributed by atoms with Crippen LogP contribution < -0.4 is 5.32 Å². The summed E-state index contributed by atoms with van der Waals surface area (Å²) in [6.45, 7) is 3.77. The molecular weight excluding hydrogens is 314 g/mol. The van der Waals surface area contributed by atoms with Crippen molar-refractivity contribution in [1.29, 1.82) is 5.26 Å². The van der Waals surface area contributed by atoms with Gasteiger partial charge in [-0.3, -0.25) is 0 Å². The third kappa shape index (κ3) is 3.50. The normalized spacial score (nSPS) is 17.5. The zero-order valence-electron chi connectivity index (χ0n) is 13.6. The summed E-state index contributed by atoms with van der Waals surface area (Å²) in [4.78, 5) is 8.53. The summed E-state index contributed by atoms with van der Waals surface area (Å²) in [6, 6.07) is 5.35. The molecule has 0 atom stereocenters. The third-order valence-electron chi connectivity index (χ3n) is 4.10. The van der Waals surface area contributed by atoms with E-state index in [-0.39, 0.29) is 30.5 Å². The molecule has 0 radical (unpaired) electrons. The van der Waals surface area contributed by atoms with Gasteiger partial charge in [-0.15, -0.1) is 0 Å². The Hall–Kier alpha value is -2.56. The number of hydrogen-bond donors (Lipinski definition) is 1. The first-order chi connectivity index (χ1) is 11.4. The summed E-state index contributed by atoms with van der Waals surface area (Å²) in [7, 11) is 0. The van der Waals surface area contributed by atoms with Crippen LogP contribution in [0.2, 0.25) is 0 Å². The highest BCUT2D eigenvalue weighted by molar-refractivity contribution is 5.40. The van der Waals surface area contributed by atoms with E-state index in [1.807, 2.05) is 26.0 Å². The summed E-state index contributed by atoms with van der Waals surface area (Å²) >= 11 is 0. The number of hydrogen-bond acceptors (Lipinski definition) is 5. The van der Waals surface area contributed by atoms with Gasteiger partial charge in [-0.1, -0.05) is 0 Å². The van der Waals surface area contributed by atoms with Gasteiger partial charge in [0.15, 0.2) is 5.82 Å². The minimum absolute atomic E-state index is 0.119. The second kappa shape index (κ2) is 6.15. The van der Waals surface area contributed by atoms with E-state index in [2.05, 4.69) is 20.4 Å². The van der Waals surface area contributed by atoms with Crippen LogP contribution in [0.4, 0.5) is 14.7 Å². The first kappa shape index (κ1) is 16.3. The Bertz CT molecular complexity index is 782. The molecule has 126 valence electrons. The highest BCUT2D eigenvalue weighted by atomic mass is 19.3. The number of rotatable bonds is 3. The Morgan fingerprint density at radius 3 is 2.54 bits per heavy atom. The zero-order valence-corrected chi connectivity index (χ0v) is 13.6. The van der Waals surface area contributed by atoms with Crippen LogP contribution >= 0.6 is 0 Å². The minimum atomic E-state index is -2.58. The maximum Gasteiger partial charge on any atom is 0.248 e. The molecule has 8 heteroatoms. The van der Waals surface area contributed by atoms with Crippen molar-refractivity contribution in [2.24, 2.45) is 0 Å². The molecule has 0 saturated heterocycles. The lowest BCUT2D eigenvalue weighted by atomic mass is 9.92. The summed E-state index contributed by atoms with van der Waals surface area (Å²) in [6.07, 6.45) is 0.407. The van der Waals surface area contributed by atoms with E-state index in [9.17, 15) is 14.0 Å². The molecule has 1 aliphatic rings. The Balaban J connectivity index is 1.85. The number of alkyl halides is 2. The van der Waals surface area contributed by atoms with Crippen LogP contribution in [0.5, 0.6) is 0 Å². The fraction of sp³-hybridized carbons (Fsp3) is 0.500. The Labute approximate surface area is 138 Å². The second-order valence-electron chi connectivity index (χ2n) is 6.16. The predicted molar refractivity (Wildman–Crippen MR) is 84.2 cm³/mol. The lowest BCUT2D eigenvalue weighted by Gasteiger charge is -2.28. The number of aromatic nitrogens is 4. The van der Waals surface area contributed by atoms with Gasteiger partial charge in [-0.05, 0) is 32.8 Å². The number of aryl methyl sites for hydroxylation is 2. The largest absolute Gasteiger partial charge is 0.351 e. The van der Waals surface area contributed by atoms with Crippen molar-refractivity contribution in [3.05, 3.63) is 29.2 Å². The summed E-state index contributed by atoms with van der Waals surface area (Å²) in [5.74, 6) is -1.83. The van der Waals surface area contributed by atoms with E-state index in [4.69, 9.17) is 0 Å². The van der Waals surface area contributed by atoms with Gasteiger partial charge >= 0.3 is 0 Å². The fourth-order valence-electron chi connectivity index (χ4n) is 2.89. The van der Waals surface area contributed by atoms with E-state index in [1.54, 1.807) is 10.7 Å². The maximum atomic E-state index is 13.3. The summed E-state index contributed by atoms with van der Waals surface area (Å²) in [5.41, 5.74) is 1.93. The van der Waals surface area contributed by atoms with E-state index < -0.39 is 5.92 Å². The topological polar surface area (TPSA) is 79.4 Å². The van der Waals surface area contributed by atoms with Crippen LogP contribution in [0.15, 0.2) is 12.1 Å². The van der Waals surface area contributed by atoms with E-state index >= 15 is 0 Å². The molecule has 0 spiro atoms. The molecule has 0 aliphatic heterocycles. The van der Waals surface area contributed by atoms with Crippen LogP contribution in [0.25, 0.3) is 5.82 Å². The van der Waals surface area contributed by atoms with Crippen molar-refractivity contribution in [2.75, 3.05) is 5.32 Å². The Kier molecular flexibility index (Phi) is 4.18. The van der Waals surface area contributed by atoms with Gasteiger partial charge in [0.05, 0.1) is 5.69 Å². The van der Waals surface area contributed by atoms with Crippen LogP contribution in [-0.2, 0) is 0 Å². The average Bonchev–Trinajstić information content (AvgIpc) is 2.88. The summed E-state index contributed by atoms with van der Waals surface area (Å²) in [5, 5.41) is 16.6. The molecule has 3 rings (SSSR count). The van der Waals surface area contributed by atoms with Gasteiger partial charge in [-0.25, -0.2) is 18.4 Å². The summed E-state index contributed by atoms with van der Waals surface area (Å²) < 4.78 is 28.1. The maximum absolute atomic E-state index is 13.3. The SMILES string of the molecule is Cc1cc(C)n(-c2cc(C#N)nc(NC3CCC(F)(F)CC3)n2)n1. The van der Waals surface area contributed by atoms with Gasteiger partial charge in [0, 0.05) is 30.6 Å². The first-order valence-corrected chi connectivity index (χ1v) is 7.83. The quantitative estimate of drug-likeness (QED) is 0.934. The van der Waals surface area contributed by atoms with Gasteiger partial charge in [0.2, 0.25) is 11.9 Å². The van der Waals surface area contributed by atoms with Crippen molar-refractivity contribution in [3.8, 4) is 11.9 Å². The molecular formula is C16H18F2N6. The smallest absolute Gasteiger partial charge is 0.248 e. The van der Waals surface area contributed by atoms with E-state index in [1.165, 1.54) is 0 Å². The first-order valence-electron chi connectivity index (χ1n) is 7.83. The lowest BCUT2D eigenvalue weighted by Crippen LogP contribution is -2.32. The Morgan fingerprint density at radius 1 is 1.25 bits per heavy atom. The van der Waals surface area contributed by atoms with Crippen molar-refractivity contribution < 1.29 is 8.78 Å². The number of anilines is 1. The van der Waals surface area contributed by atoms with Gasteiger partial charge in [-0.2, -0.15) is 15.3 Å². The zero-order chi connectivity index (χ0) is 17.3. The highest BCUT2D eigenvalue weighted by Gasteiger charge is 2.35. The van der Waals surface area contributed by atoms with E-state index in [0.29, 0.717) is 18.7 Å². The molecule has 2 aromatic rings. The van der Waals surface area contributed by atoms with Crippen molar-refractivity contribution >= 4 is 5.95 Å². The molecule has 1 saturated carbocycles. The monoisotopic (exact) mass is 332 g/mol. The van der Waals surface area contributed by atoms with Gasteiger partial charge in [0.25, 0.3) is 0 Å². The molecule has 6 nitrogen and oxygen atoms in total. The second-order valence-corrected chi connectivity index (χ2v) is 6.16. The Morgan fingerprint density at radius 2 is 1.96 bits per heavy atom. The number of halogens is 2. The van der Waals surface area contributed by atoms with Crippen LogP contribution in [0, 0.1) is 25.2 Å². The lowest BCUT2D eigenvalue weighted by molar-refractivity contribution is -0.0361. The molecule has 0 bridgehead atoms. The van der Waals surface area contributed by atoms with Gasteiger partial charge < -0.3 is 5.32 Å². The molecule has 0 amide bonds. The molecule has 1 aliphatic carbocycles. The highest BCUT2D eigenvalue weighted by Crippen LogP contribution is 2.33. The molecule has 24 heavy (non-hydrogen) atoms. The number of nitrogens with one attached hydrogen (secondary N) is 1. The molecule has 0 aromatic carbocycles. The predicted octanol–water partition coefficient (Wildman–Crippen LogP) is 3.14. The number of nitrogens with zero attached hydrogens (tertiary/aromatic N) is 5. The fourth-order valence-corrected chi connectivity index (χ4v) is 2.89. The van der Waals surface area contributed by atoms with E-state index in [0.717, 1.165) is 11.4 Å². The molecule has 2 aromatic heterocycles. The van der Waals surface area contributed by atoms with Crippen molar-refractivity contribution in [3.63, 3.8) is 0 Å². The standard InChI is InChI=1S/C16H18F2N6/c1-10-7-11(2)24(23-10)14-8-13(9-19)21-15(22-14)20-12-3-5-16(17,18)6-4-12/h7-8,12H,3-6H2,1-2H3,(H,20,21,22). The molecule has 1 N–H and O–H groups in total. The molecule has 0 unspecified atom stereocenters. The van der Waals surface area contributed by atoms with Crippen molar-refractivity contribution in [1.82, 2.24) is 19.7 Å². The van der Waals surface area contributed by atoms with Crippen molar-refractivity contribution in [2.45, 2.75) is 51.5 Å². The number of nitriles is 1.